The zero-order chi connectivity index (χ0) is 12.1. The van der Waals surface area contributed by atoms with Crippen LogP contribution in [0.4, 0.5) is 0 Å². The van der Waals surface area contributed by atoms with E-state index in [1.807, 2.05) is 18.3 Å². The lowest BCUT2D eigenvalue weighted by molar-refractivity contribution is 0.402. The molecule has 1 saturated carbocycles. The summed E-state index contributed by atoms with van der Waals surface area (Å²) in [6, 6.07) is 4.43. The summed E-state index contributed by atoms with van der Waals surface area (Å²) >= 11 is 0. The largest absolute Gasteiger partial charge is 0.315 e. The standard InChI is InChI=1S/C14H18N4/c1-18-13-11(6-3-7-15-13)17-14(18)12-10-5-2-4-9(10)8-16-12/h3,6-7,9-10,12,16H,2,4-5,8H2,1H3. The Balaban J connectivity index is 1.80. The zero-order valence-corrected chi connectivity index (χ0v) is 10.6. The molecule has 0 bridgehead atoms. The molecule has 3 unspecified atom stereocenters. The molecule has 18 heavy (non-hydrogen) atoms. The minimum Gasteiger partial charge on any atom is -0.315 e. The number of imidazole rings is 1. The van der Waals surface area contributed by atoms with Gasteiger partial charge in [-0.05, 0) is 43.4 Å². The summed E-state index contributed by atoms with van der Waals surface area (Å²) in [5, 5.41) is 3.67. The number of nitrogens with zero attached hydrogens (tertiary/aromatic N) is 3. The van der Waals surface area contributed by atoms with Crippen molar-refractivity contribution in [2.24, 2.45) is 18.9 Å². The van der Waals surface area contributed by atoms with E-state index < -0.39 is 0 Å². The van der Waals surface area contributed by atoms with Crippen molar-refractivity contribution in [3.63, 3.8) is 0 Å². The van der Waals surface area contributed by atoms with Gasteiger partial charge in [-0.1, -0.05) is 6.42 Å². The zero-order valence-electron chi connectivity index (χ0n) is 10.6. The van der Waals surface area contributed by atoms with Crippen LogP contribution in [0.3, 0.4) is 0 Å². The van der Waals surface area contributed by atoms with Gasteiger partial charge in [0.2, 0.25) is 0 Å². The summed E-state index contributed by atoms with van der Waals surface area (Å²) in [6.07, 6.45) is 5.96. The van der Waals surface area contributed by atoms with Crippen LogP contribution < -0.4 is 5.32 Å². The predicted molar refractivity (Wildman–Crippen MR) is 70.1 cm³/mol. The third kappa shape index (κ3) is 1.35. The number of fused-ring (bicyclic) bond motifs is 2. The van der Waals surface area contributed by atoms with E-state index in [1.165, 1.54) is 19.3 Å². The topological polar surface area (TPSA) is 42.7 Å². The van der Waals surface area contributed by atoms with Crippen molar-refractivity contribution in [1.29, 1.82) is 0 Å². The van der Waals surface area contributed by atoms with Gasteiger partial charge in [-0.15, -0.1) is 0 Å². The van der Waals surface area contributed by atoms with Crippen molar-refractivity contribution in [2.45, 2.75) is 25.3 Å². The molecule has 0 radical (unpaired) electrons. The summed E-state index contributed by atoms with van der Waals surface area (Å²) in [6.45, 7) is 1.16. The Hall–Kier alpha value is -1.42. The fourth-order valence-corrected chi connectivity index (χ4v) is 3.79. The van der Waals surface area contributed by atoms with E-state index in [9.17, 15) is 0 Å². The van der Waals surface area contributed by atoms with Crippen molar-refractivity contribution in [3.8, 4) is 0 Å². The highest BCUT2D eigenvalue weighted by Gasteiger charge is 2.41. The molecule has 4 heteroatoms. The van der Waals surface area contributed by atoms with Crippen LogP contribution in [0.2, 0.25) is 0 Å². The summed E-state index contributed by atoms with van der Waals surface area (Å²) in [5.41, 5.74) is 2.01. The van der Waals surface area contributed by atoms with Crippen molar-refractivity contribution in [1.82, 2.24) is 19.9 Å². The number of hydrogen-bond donors (Lipinski definition) is 1. The van der Waals surface area contributed by atoms with E-state index in [2.05, 4.69) is 21.9 Å². The maximum atomic E-state index is 4.79. The molecule has 2 aliphatic rings. The van der Waals surface area contributed by atoms with Gasteiger partial charge in [-0.25, -0.2) is 9.97 Å². The Bertz CT molecular complexity index is 588. The van der Waals surface area contributed by atoms with E-state index >= 15 is 0 Å². The van der Waals surface area contributed by atoms with Gasteiger partial charge in [0.05, 0.1) is 6.04 Å². The number of aryl methyl sites for hydroxylation is 1. The molecule has 3 heterocycles. The number of aromatic nitrogens is 3. The molecule has 2 fully saturated rings. The van der Waals surface area contributed by atoms with Gasteiger partial charge in [0.25, 0.3) is 0 Å². The van der Waals surface area contributed by atoms with Gasteiger partial charge in [-0.2, -0.15) is 0 Å². The second-order valence-corrected chi connectivity index (χ2v) is 5.62. The number of nitrogens with one attached hydrogen (secondary N) is 1. The molecule has 3 atom stereocenters. The first kappa shape index (κ1) is 10.5. The molecule has 2 aromatic heterocycles. The lowest BCUT2D eigenvalue weighted by Gasteiger charge is -2.17. The van der Waals surface area contributed by atoms with E-state index in [0.717, 1.165) is 35.4 Å². The smallest absolute Gasteiger partial charge is 0.159 e. The fraction of sp³-hybridized carbons (Fsp3) is 0.571. The first-order valence-electron chi connectivity index (χ1n) is 6.85. The van der Waals surface area contributed by atoms with Crippen molar-refractivity contribution in [3.05, 3.63) is 24.2 Å². The second-order valence-electron chi connectivity index (χ2n) is 5.62. The Morgan fingerprint density at radius 3 is 3.22 bits per heavy atom. The molecule has 1 aliphatic heterocycles. The maximum absolute atomic E-state index is 4.79. The first-order chi connectivity index (χ1) is 8.84. The summed E-state index contributed by atoms with van der Waals surface area (Å²) in [7, 11) is 2.08. The summed E-state index contributed by atoms with van der Waals surface area (Å²) in [5.74, 6) is 2.81. The van der Waals surface area contributed by atoms with Crippen LogP contribution in [0.15, 0.2) is 18.3 Å². The molecule has 1 aliphatic carbocycles. The molecular formula is C14H18N4. The van der Waals surface area contributed by atoms with Gasteiger partial charge in [0, 0.05) is 13.2 Å². The van der Waals surface area contributed by atoms with Gasteiger partial charge in [0.1, 0.15) is 11.3 Å². The molecule has 0 spiro atoms. The van der Waals surface area contributed by atoms with Crippen LogP contribution in [0.5, 0.6) is 0 Å². The van der Waals surface area contributed by atoms with Crippen molar-refractivity contribution < 1.29 is 0 Å². The highest BCUT2D eigenvalue weighted by molar-refractivity contribution is 5.71. The highest BCUT2D eigenvalue weighted by Crippen LogP contribution is 2.44. The third-order valence-corrected chi connectivity index (χ3v) is 4.69. The van der Waals surface area contributed by atoms with Crippen LogP contribution >= 0.6 is 0 Å². The third-order valence-electron chi connectivity index (χ3n) is 4.69. The lowest BCUT2D eigenvalue weighted by Crippen LogP contribution is -2.21. The minimum atomic E-state index is 0.428. The van der Waals surface area contributed by atoms with E-state index in [4.69, 9.17) is 4.98 Å². The average molecular weight is 242 g/mol. The van der Waals surface area contributed by atoms with Crippen LogP contribution in [0, 0.1) is 11.8 Å². The Morgan fingerprint density at radius 1 is 1.39 bits per heavy atom. The van der Waals surface area contributed by atoms with Crippen LogP contribution in [0.1, 0.15) is 31.1 Å². The quantitative estimate of drug-likeness (QED) is 0.832. The Kier molecular flexibility index (Phi) is 2.21. The average Bonchev–Trinajstić information content (AvgIpc) is 3.04. The minimum absolute atomic E-state index is 0.428. The molecular weight excluding hydrogens is 224 g/mol. The molecule has 4 nitrogen and oxygen atoms in total. The monoisotopic (exact) mass is 242 g/mol. The molecule has 0 amide bonds. The first-order valence-corrected chi connectivity index (χ1v) is 6.85. The Labute approximate surface area is 106 Å². The van der Waals surface area contributed by atoms with Gasteiger partial charge in [-0.3, -0.25) is 0 Å². The van der Waals surface area contributed by atoms with E-state index in [-0.39, 0.29) is 0 Å². The summed E-state index contributed by atoms with van der Waals surface area (Å²) < 4.78 is 2.16. The van der Waals surface area contributed by atoms with E-state index in [0.29, 0.717) is 6.04 Å². The number of hydrogen-bond acceptors (Lipinski definition) is 3. The predicted octanol–water partition coefficient (Wildman–Crippen LogP) is 2.03. The van der Waals surface area contributed by atoms with Crippen LogP contribution in [-0.4, -0.2) is 21.1 Å². The number of rotatable bonds is 1. The van der Waals surface area contributed by atoms with Crippen molar-refractivity contribution >= 4 is 11.2 Å². The van der Waals surface area contributed by atoms with Crippen LogP contribution in [0.25, 0.3) is 11.2 Å². The molecule has 2 aromatic rings. The maximum Gasteiger partial charge on any atom is 0.159 e. The lowest BCUT2D eigenvalue weighted by atomic mass is 9.94. The SMILES string of the molecule is Cn1c(C2NCC3CCCC32)nc2cccnc21. The Morgan fingerprint density at radius 2 is 2.33 bits per heavy atom. The fourth-order valence-electron chi connectivity index (χ4n) is 3.79. The normalized spacial score (nSPS) is 31.1. The van der Waals surface area contributed by atoms with E-state index in [1.54, 1.807) is 0 Å². The molecule has 4 rings (SSSR count). The molecule has 1 saturated heterocycles. The number of pyridine rings is 1. The van der Waals surface area contributed by atoms with Gasteiger partial charge in [0.15, 0.2) is 5.65 Å². The molecule has 0 aromatic carbocycles. The van der Waals surface area contributed by atoms with Gasteiger partial charge >= 0.3 is 0 Å². The van der Waals surface area contributed by atoms with Gasteiger partial charge < -0.3 is 9.88 Å². The highest BCUT2D eigenvalue weighted by atomic mass is 15.2. The second kappa shape index (κ2) is 3.79. The molecule has 1 N–H and O–H groups in total. The van der Waals surface area contributed by atoms with Crippen molar-refractivity contribution in [2.75, 3.05) is 6.54 Å². The molecule has 94 valence electrons. The summed E-state index contributed by atoms with van der Waals surface area (Å²) in [4.78, 5) is 9.22. The van der Waals surface area contributed by atoms with Crippen LogP contribution in [-0.2, 0) is 7.05 Å².